The number of benzene rings is 1. The van der Waals surface area contributed by atoms with Crippen LogP contribution in [0.25, 0.3) is 10.4 Å². The standard InChI is InChI=1S/C10H8N4O2/c11-14-13-7-3-1-6(2-4-7)8-5-9(15)12-10(8)16/h1-4,8H,5H2,(H,12,15,16). The van der Waals surface area contributed by atoms with Crippen LogP contribution in [0.2, 0.25) is 0 Å². The molecule has 1 heterocycles. The molecule has 1 aromatic carbocycles. The molecule has 0 spiro atoms. The first-order valence-corrected chi connectivity index (χ1v) is 4.69. The van der Waals surface area contributed by atoms with Crippen molar-refractivity contribution < 1.29 is 9.59 Å². The molecule has 1 aromatic rings. The smallest absolute Gasteiger partial charge is 0.234 e. The largest absolute Gasteiger partial charge is 0.296 e. The molecule has 1 N–H and O–H groups in total. The van der Waals surface area contributed by atoms with Gasteiger partial charge in [0.25, 0.3) is 0 Å². The van der Waals surface area contributed by atoms with Crippen molar-refractivity contribution in [1.82, 2.24) is 5.32 Å². The average molecular weight is 216 g/mol. The minimum atomic E-state index is -0.424. The Kier molecular flexibility index (Phi) is 2.57. The first kappa shape index (κ1) is 10.2. The monoisotopic (exact) mass is 216 g/mol. The topological polar surface area (TPSA) is 94.9 Å². The molecule has 6 heteroatoms. The number of carbonyl (C=O) groups excluding carboxylic acids is 2. The molecule has 6 nitrogen and oxygen atoms in total. The summed E-state index contributed by atoms with van der Waals surface area (Å²) in [5.41, 5.74) is 9.46. The van der Waals surface area contributed by atoms with Gasteiger partial charge in [-0.05, 0) is 11.1 Å². The second-order valence-corrected chi connectivity index (χ2v) is 3.45. The molecular formula is C10H8N4O2. The van der Waals surface area contributed by atoms with Crippen molar-refractivity contribution in [2.75, 3.05) is 0 Å². The van der Waals surface area contributed by atoms with E-state index < -0.39 is 5.92 Å². The summed E-state index contributed by atoms with van der Waals surface area (Å²) in [4.78, 5) is 25.0. The Morgan fingerprint density at radius 2 is 2.00 bits per heavy atom. The summed E-state index contributed by atoms with van der Waals surface area (Å²) < 4.78 is 0. The molecule has 1 unspecified atom stereocenters. The summed E-state index contributed by atoms with van der Waals surface area (Å²) in [6.45, 7) is 0. The third kappa shape index (κ3) is 1.87. The lowest BCUT2D eigenvalue weighted by Crippen LogP contribution is -2.21. The Morgan fingerprint density at radius 1 is 1.31 bits per heavy atom. The van der Waals surface area contributed by atoms with E-state index in [0.29, 0.717) is 5.69 Å². The van der Waals surface area contributed by atoms with Gasteiger partial charge in [-0.3, -0.25) is 14.9 Å². The number of amides is 2. The molecule has 16 heavy (non-hydrogen) atoms. The lowest BCUT2D eigenvalue weighted by Gasteiger charge is -2.05. The predicted octanol–water partition coefficient (Wildman–Crippen LogP) is 1.76. The second kappa shape index (κ2) is 4.04. The van der Waals surface area contributed by atoms with Gasteiger partial charge in [0.1, 0.15) is 0 Å². The van der Waals surface area contributed by atoms with E-state index in [1.807, 2.05) is 0 Å². The van der Waals surface area contributed by atoms with E-state index in [2.05, 4.69) is 15.3 Å². The highest BCUT2D eigenvalue weighted by Crippen LogP contribution is 2.25. The second-order valence-electron chi connectivity index (χ2n) is 3.45. The van der Waals surface area contributed by atoms with E-state index in [9.17, 15) is 9.59 Å². The van der Waals surface area contributed by atoms with E-state index in [-0.39, 0.29) is 18.2 Å². The van der Waals surface area contributed by atoms with Gasteiger partial charge in [0.05, 0.1) is 5.92 Å². The molecule has 1 atom stereocenters. The third-order valence-corrected chi connectivity index (χ3v) is 2.42. The maximum atomic E-state index is 11.4. The average Bonchev–Trinajstić information content (AvgIpc) is 2.59. The molecule has 80 valence electrons. The van der Waals surface area contributed by atoms with Crippen LogP contribution < -0.4 is 5.32 Å². The molecule has 1 aliphatic rings. The number of carbonyl (C=O) groups is 2. The van der Waals surface area contributed by atoms with Crippen molar-refractivity contribution in [2.24, 2.45) is 5.11 Å². The molecule has 0 saturated carbocycles. The predicted molar refractivity (Wildman–Crippen MR) is 55.8 cm³/mol. The van der Waals surface area contributed by atoms with Gasteiger partial charge < -0.3 is 0 Å². The maximum Gasteiger partial charge on any atom is 0.234 e. The van der Waals surface area contributed by atoms with Gasteiger partial charge in [0.2, 0.25) is 11.8 Å². The fourth-order valence-electron chi connectivity index (χ4n) is 1.65. The normalized spacial score (nSPS) is 19.1. The van der Waals surface area contributed by atoms with E-state index in [1.165, 1.54) is 0 Å². The van der Waals surface area contributed by atoms with Gasteiger partial charge in [-0.15, -0.1) is 0 Å². The van der Waals surface area contributed by atoms with Crippen LogP contribution in [0, 0.1) is 0 Å². The SMILES string of the molecule is [N-]=[N+]=Nc1ccc(C2CC(=O)NC2=O)cc1. The highest BCUT2D eigenvalue weighted by Gasteiger charge is 2.31. The first-order valence-electron chi connectivity index (χ1n) is 4.69. The lowest BCUT2D eigenvalue weighted by molar-refractivity contribution is -0.125. The minimum absolute atomic E-state index is 0.180. The molecule has 1 saturated heterocycles. The number of azide groups is 1. The lowest BCUT2D eigenvalue weighted by atomic mass is 9.97. The fraction of sp³-hybridized carbons (Fsp3) is 0.200. The molecule has 2 amide bonds. The summed E-state index contributed by atoms with van der Waals surface area (Å²) in [5.74, 6) is -0.955. The highest BCUT2D eigenvalue weighted by molar-refractivity contribution is 6.06. The molecule has 1 fully saturated rings. The van der Waals surface area contributed by atoms with Gasteiger partial charge in [-0.1, -0.05) is 29.4 Å². The van der Waals surface area contributed by atoms with Crippen LogP contribution in [0.15, 0.2) is 29.4 Å². The van der Waals surface area contributed by atoms with E-state index in [4.69, 9.17) is 5.53 Å². The zero-order chi connectivity index (χ0) is 11.5. The van der Waals surface area contributed by atoms with E-state index in [1.54, 1.807) is 24.3 Å². The van der Waals surface area contributed by atoms with Crippen LogP contribution in [0.3, 0.4) is 0 Å². The van der Waals surface area contributed by atoms with Crippen molar-refractivity contribution in [2.45, 2.75) is 12.3 Å². The number of nitrogens with zero attached hydrogens (tertiary/aromatic N) is 3. The quantitative estimate of drug-likeness (QED) is 0.353. The van der Waals surface area contributed by atoms with Crippen molar-refractivity contribution in [3.63, 3.8) is 0 Å². The van der Waals surface area contributed by atoms with Crippen molar-refractivity contribution in [1.29, 1.82) is 0 Å². The van der Waals surface area contributed by atoms with Crippen LogP contribution in [0.1, 0.15) is 17.9 Å². The summed E-state index contributed by atoms with van der Waals surface area (Å²) in [7, 11) is 0. The Bertz CT molecular complexity index is 488. The summed E-state index contributed by atoms with van der Waals surface area (Å²) >= 11 is 0. The molecular weight excluding hydrogens is 208 g/mol. The number of hydrogen-bond acceptors (Lipinski definition) is 3. The summed E-state index contributed by atoms with van der Waals surface area (Å²) in [6, 6.07) is 6.61. The Hall–Kier alpha value is -2.33. The zero-order valence-electron chi connectivity index (χ0n) is 8.25. The van der Waals surface area contributed by atoms with Gasteiger partial charge >= 0.3 is 0 Å². The first-order chi connectivity index (χ1) is 7.70. The van der Waals surface area contributed by atoms with Gasteiger partial charge in [-0.2, -0.15) is 0 Å². The van der Waals surface area contributed by atoms with Crippen molar-refractivity contribution in [3.05, 3.63) is 40.3 Å². The van der Waals surface area contributed by atoms with E-state index in [0.717, 1.165) is 5.56 Å². The number of hydrogen-bond donors (Lipinski definition) is 1. The number of nitrogens with one attached hydrogen (secondary N) is 1. The summed E-state index contributed by atoms with van der Waals surface area (Å²) in [6.07, 6.45) is 0.180. The molecule has 0 radical (unpaired) electrons. The van der Waals surface area contributed by atoms with Crippen LogP contribution >= 0.6 is 0 Å². The van der Waals surface area contributed by atoms with Crippen LogP contribution in [-0.4, -0.2) is 11.8 Å². The Labute approximate surface area is 90.9 Å². The zero-order valence-corrected chi connectivity index (χ0v) is 8.25. The Balaban J connectivity index is 2.25. The van der Waals surface area contributed by atoms with Gasteiger partial charge in [0, 0.05) is 17.0 Å². The number of rotatable bonds is 2. The van der Waals surface area contributed by atoms with Gasteiger partial charge in [-0.25, -0.2) is 0 Å². The van der Waals surface area contributed by atoms with Crippen LogP contribution in [-0.2, 0) is 9.59 Å². The molecule has 1 aliphatic heterocycles. The van der Waals surface area contributed by atoms with Crippen molar-refractivity contribution in [3.8, 4) is 0 Å². The van der Waals surface area contributed by atoms with Crippen LogP contribution in [0.5, 0.6) is 0 Å². The van der Waals surface area contributed by atoms with Gasteiger partial charge in [0.15, 0.2) is 0 Å². The van der Waals surface area contributed by atoms with Crippen LogP contribution in [0.4, 0.5) is 5.69 Å². The van der Waals surface area contributed by atoms with Crippen molar-refractivity contribution >= 4 is 17.5 Å². The molecule has 0 bridgehead atoms. The molecule has 2 rings (SSSR count). The third-order valence-electron chi connectivity index (χ3n) is 2.42. The summed E-state index contributed by atoms with van der Waals surface area (Å²) in [5, 5.41) is 5.67. The highest BCUT2D eigenvalue weighted by atomic mass is 16.2. The molecule has 0 aliphatic carbocycles. The number of imide groups is 1. The van der Waals surface area contributed by atoms with E-state index >= 15 is 0 Å². The minimum Gasteiger partial charge on any atom is -0.296 e. The Morgan fingerprint density at radius 3 is 2.50 bits per heavy atom. The fourth-order valence-corrected chi connectivity index (χ4v) is 1.65. The maximum absolute atomic E-state index is 11.4. The molecule has 0 aromatic heterocycles.